The van der Waals surface area contributed by atoms with Crippen LogP contribution in [0.4, 0.5) is 0 Å². The molecule has 0 bridgehead atoms. The molecule has 21 heavy (non-hydrogen) atoms. The molecule has 114 valence electrons. The topological polar surface area (TPSA) is 41.6 Å². The molecule has 1 aromatic carbocycles. The predicted octanol–water partition coefficient (Wildman–Crippen LogP) is 1.97. The molecule has 2 saturated heterocycles. The third-order valence-corrected chi connectivity index (χ3v) is 4.85. The second-order valence-electron chi connectivity index (χ2n) is 6.20. The Morgan fingerprint density at radius 1 is 1.33 bits per heavy atom. The number of nitrogens with one attached hydrogen (secondary N) is 1. The van der Waals surface area contributed by atoms with E-state index in [0.29, 0.717) is 18.4 Å². The minimum absolute atomic E-state index is 0.184. The van der Waals surface area contributed by atoms with Gasteiger partial charge in [0.1, 0.15) is 0 Å². The van der Waals surface area contributed by atoms with Crippen molar-refractivity contribution in [2.24, 2.45) is 5.92 Å². The lowest BCUT2D eigenvalue weighted by Crippen LogP contribution is -2.39. The number of rotatable bonds is 4. The molecule has 0 aromatic heterocycles. The molecule has 0 aliphatic carbocycles. The summed E-state index contributed by atoms with van der Waals surface area (Å²) < 4.78 is 5.59. The highest BCUT2D eigenvalue weighted by atomic mass is 16.5. The molecular formula is C17H24N2O2. The van der Waals surface area contributed by atoms with Crippen LogP contribution in [0.2, 0.25) is 0 Å². The Balaban J connectivity index is 1.69. The van der Waals surface area contributed by atoms with Crippen LogP contribution in [0.3, 0.4) is 0 Å². The molecule has 3 rings (SSSR count). The van der Waals surface area contributed by atoms with Crippen molar-refractivity contribution in [2.45, 2.75) is 38.0 Å². The molecule has 2 fully saturated rings. The highest BCUT2D eigenvalue weighted by molar-refractivity contribution is 5.79. The number of carbonyl (C=O) groups is 1. The van der Waals surface area contributed by atoms with Crippen LogP contribution in [-0.2, 0) is 9.53 Å². The lowest BCUT2D eigenvalue weighted by molar-refractivity contribution is -0.127. The summed E-state index contributed by atoms with van der Waals surface area (Å²) in [6.45, 7) is 3.82. The van der Waals surface area contributed by atoms with E-state index in [0.717, 1.165) is 19.6 Å². The van der Waals surface area contributed by atoms with Crippen LogP contribution in [0.1, 0.15) is 31.4 Å². The molecule has 2 heterocycles. The summed E-state index contributed by atoms with van der Waals surface area (Å²) in [5.74, 6) is 0.573. The summed E-state index contributed by atoms with van der Waals surface area (Å²) in [6, 6.07) is 11.0. The van der Waals surface area contributed by atoms with Crippen molar-refractivity contribution in [1.29, 1.82) is 0 Å². The van der Waals surface area contributed by atoms with Crippen LogP contribution >= 0.6 is 0 Å². The lowest BCUT2D eigenvalue weighted by Gasteiger charge is -2.27. The van der Waals surface area contributed by atoms with Gasteiger partial charge in [0.15, 0.2) is 0 Å². The maximum Gasteiger partial charge on any atom is 0.223 e. The molecule has 0 unspecified atom stereocenters. The third-order valence-electron chi connectivity index (χ3n) is 4.85. The van der Waals surface area contributed by atoms with E-state index in [1.165, 1.54) is 5.56 Å². The molecule has 4 heteroatoms. The first-order valence-corrected chi connectivity index (χ1v) is 7.82. The van der Waals surface area contributed by atoms with Gasteiger partial charge in [-0.2, -0.15) is 0 Å². The largest absolute Gasteiger partial charge is 0.377 e. The zero-order chi connectivity index (χ0) is 14.8. The van der Waals surface area contributed by atoms with E-state index in [2.05, 4.69) is 24.4 Å². The van der Waals surface area contributed by atoms with Gasteiger partial charge in [-0.25, -0.2) is 0 Å². The molecule has 1 N–H and O–H groups in total. The summed E-state index contributed by atoms with van der Waals surface area (Å²) in [5.41, 5.74) is 1.23. The van der Waals surface area contributed by atoms with Crippen LogP contribution in [0.15, 0.2) is 30.3 Å². The number of hydrogen-bond acceptors (Lipinski definition) is 3. The van der Waals surface area contributed by atoms with Gasteiger partial charge in [0.25, 0.3) is 0 Å². The monoisotopic (exact) mass is 288 g/mol. The van der Waals surface area contributed by atoms with Gasteiger partial charge >= 0.3 is 0 Å². The smallest absolute Gasteiger partial charge is 0.223 e. The van der Waals surface area contributed by atoms with E-state index in [4.69, 9.17) is 4.74 Å². The fourth-order valence-electron chi connectivity index (χ4n) is 3.58. The normalized spacial score (nSPS) is 32.9. The van der Waals surface area contributed by atoms with Gasteiger partial charge in [-0.15, -0.1) is 0 Å². The number of carbonyl (C=O) groups excluding carboxylic acids is 1. The first-order chi connectivity index (χ1) is 10.2. The zero-order valence-electron chi connectivity index (χ0n) is 12.8. The van der Waals surface area contributed by atoms with E-state index in [1.54, 1.807) is 0 Å². The maximum atomic E-state index is 12.1. The summed E-state index contributed by atoms with van der Waals surface area (Å²) in [4.78, 5) is 14.0. The van der Waals surface area contributed by atoms with Crippen molar-refractivity contribution in [3.8, 4) is 0 Å². The summed E-state index contributed by atoms with van der Waals surface area (Å²) in [6.07, 6.45) is 1.97. The van der Waals surface area contributed by atoms with E-state index in [1.807, 2.05) is 30.1 Å². The minimum atomic E-state index is 0.184. The lowest BCUT2D eigenvalue weighted by atomic mass is 9.93. The molecule has 2 aliphatic heterocycles. The van der Waals surface area contributed by atoms with Crippen molar-refractivity contribution in [1.82, 2.24) is 10.2 Å². The molecular weight excluding hydrogens is 264 g/mol. The number of amides is 1. The molecule has 1 aromatic rings. The van der Waals surface area contributed by atoms with Crippen molar-refractivity contribution in [2.75, 3.05) is 20.2 Å². The Morgan fingerprint density at radius 3 is 2.76 bits per heavy atom. The number of nitrogens with zero attached hydrogens (tertiary/aromatic N) is 1. The molecule has 0 saturated carbocycles. The Bertz CT molecular complexity index is 491. The highest BCUT2D eigenvalue weighted by Gasteiger charge is 2.38. The van der Waals surface area contributed by atoms with Gasteiger partial charge in [-0.3, -0.25) is 4.79 Å². The van der Waals surface area contributed by atoms with Crippen LogP contribution in [0.5, 0.6) is 0 Å². The highest BCUT2D eigenvalue weighted by Crippen LogP contribution is 2.36. The number of ether oxygens (including phenoxy) is 1. The van der Waals surface area contributed by atoms with Crippen LogP contribution < -0.4 is 5.32 Å². The second kappa shape index (κ2) is 6.16. The van der Waals surface area contributed by atoms with Crippen LogP contribution in [-0.4, -0.2) is 43.2 Å². The van der Waals surface area contributed by atoms with E-state index in [9.17, 15) is 4.79 Å². The second-order valence-corrected chi connectivity index (χ2v) is 6.20. The van der Waals surface area contributed by atoms with E-state index >= 15 is 0 Å². The Labute approximate surface area is 126 Å². The fraction of sp³-hybridized carbons (Fsp3) is 0.588. The standard InChI is InChI=1S/C17H24N2O2/c1-12-15(8-9-21-12)18-11-14-10-16(20)19(2)17(14)13-6-4-3-5-7-13/h3-7,12,14-15,17-18H,8-11H2,1-2H3/t12-,14+,15-,17+/m0/s1. The van der Waals surface area contributed by atoms with Gasteiger partial charge in [0.05, 0.1) is 12.1 Å². The number of benzene rings is 1. The molecule has 0 spiro atoms. The van der Waals surface area contributed by atoms with Crippen molar-refractivity contribution < 1.29 is 9.53 Å². The fourth-order valence-corrected chi connectivity index (χ4v) is 3.58. The average Bonchev–Trinajstić information content (AvgIpc) is 3.02. The van der Waals surface area contributed by atoms with Crippen molar-refractivity contribution >= 4 is 5.91 Å². The van der Waals surface area contributed by atoms with Crippen LogP contribution in [0, 0.1) is 5.92 Å². The van der Waals surface area contributed by atoms with Gasteiger partial charge < -0.3 is 15.0 Å². The van der Waals surface area contributed by atoms with Gasteiger partial charge in [-0.1, -0.05) is 30.3 Å². The van der Waals surface area contributed by atoms with Crippen molar-refractivity contribution in [3.05, 3.63) is 35.9 Å². The molecule has 1 amide bonds. The first kappa shape index (κ1) is 14.5. The Morgan fingerprint density at radius 2 is 2.10 bits per heavy atom. The molecule has 4 atom stereocenters. The average molecular weight is 288 g/mol. The van der Waals surface area contributed by atoms with E-state index in [-0.39, 0.29) is 18.1 Å². The summed E-state index contributed by atoms with van der Waals surface area (Å²) in [5, 5.41) is 3.61. The minimum Gasteiger partial charge on any atom is -0.377 e. The third kappa shape index (κ3) is 2.97. The Hall–Kier alpha value is -1.39. The van der Waals surface area contributed by atoms with Crippen LogP contribution in [0.25, 0.3) is 0 Å². The summed E-state index contributed by atoms with van der Waals surface area (Å²) in [7, 11) is 1.92. The first-order valence-electron chi connectivity index (χ1n) is 7.82. The zero-order valence-corrected chi connectivity index (χ0v) is 12.8. The molecule has 2 aliphatic rings. The SMILES string of the molecule is C[C@@H]1OCC[C@@H]1NC[C@H]1CC(=O)N(C)[C@@H]1c1ccccc1. The van der Waals surface area contributed by atoms with Gasteiger partial charge in [0.2, 0.25) is 5.91 Å². The quantitative estimate of drug-likeness (QED) is 0.921. The number of hydrogen-bond donors (Lipinski definition) is 1. The molecule has 4 nitrogen and oxygen atoms in total. The van der Waals surface area contributed by atoms with Gasteiger partial charge in [-0.05, 0) is 18.9 Å². The maximum absolute atomic E-state index is 12.1. The van der Waals surface area contributed by atoms with Crippen molar-refractivity contribution in [3.63, 3.8) is 0 Å². The number of likely N-dealkylation sites (tertiary alicyclic amines) is 1. The predicted molar refractivity (Wildman–Crippen MR) is 81.9 cm³/mol. The molecule has 0 radical (unpaired) electrons. The Kier molecular flexibility index (Phi) is 4.27. The van der Waals surface area contributed by atoms with Gasteiger partial charge in [0, 0.05) is 38.6 Å². The summed E-state index contributed by atoms with van der Waals surface area (Å²) >= 11 is 0. The van der Waals surface area contributed by atoms with E-state index < -0.39 is 0 Å².